The molecule has 1 aliphatic rings. The molecule has 1 aliphatic carbocycles. The monoisotopic (exact) mass is 385 g/mol. The van der Waals surface area contributed by atoms with Crippen LogP contribution in [0.15, 0.2) is 53.5 Å². The van der Waals surface area contributed by atoms with Crippen LogP contribution in [0.25, 0.3) is 0 Å². The first kappa shape index (κ1) is 20.1. The molecule has 6 heteroatoms. The van der Waals surface area contributed by atoms with Crippen molar-refractivity contribution in [2.75, 3.05) is 26.7 Å². The molecular weight excluding hydrogens is 357 g/mol. The van der Waals surface area contributed by atoms with Crippen LogP contribution in [-0.4, -0.2) is 37.8 Å². The fourth-order valence-corrected chi connectivity index (χ4v) is 3.24. The van der Waals surface area contributed by atoms with E-state index in [2.05, 4.69) is 15.6 Å². The number of guanidine groups is 1. The predicted molar refractivity (Wildman–Crippen MR) is 109 cm³/mol. The van der Waals surface area contributed by atoms with Gasteiger partial charge in [-0.15, -0.1) is 0 Å². The van der Waals surface area contributed by atoms with E-state index < -0.39 is 6.10 Å². The van der Waals surface area contributed by atoms with Crippen LogP contribution in [-0.2, 0) is 5.41 Å². The van der Waals surface area contributed by atoms with Crippen molar-refractivity contribution in [1.82, 2.24) is 10.6 Å². The van der Waals surface area contributed by atoms with Crippen molar-refractivity contribution in [3.63, 3.8) is 0 Å². The van der Waals surface area contributed by atoms with Crippen LogP contribution in [0, 0.1) is 5.82 Å². The van der Waals surface area contributed by atoms with Crippen molar-refractivity contribution in [1.29, 1.82) is 0 Å². The summed E-state index contributed by atoms with van der Waals surface area (Å²) in [5.74, 6) is 1.15. The molecule has 150 valence electrons. The molecule has 1 atom stereocenters. The molecule has 1 saturated carbocycles. The Morgan fingerprint density at radius 3 is 2.68 bits per heavy atom. The third-order valence-corrected chi connectivity index (χ3v) is 5.12. The molecule has 3 N–H and O–H groups in total. The number of hydrogen-bond acceptors (Lipinski definition) is 3. The number of halogens is 1. The highest BCUT2D eigenvalue weighted by atomic mass is 19.1. The van der Waals surface area contributed by atoms with E-state index in [1.165, 1.54) is 6.07 Å². The van der Waals surface area contributed by atoms with Crippen LogP contribution in [0.2, 0.25) is 0 Å². The van der Waals surface area contributed by atoms with Crippen molar-refractivity contribution in [3.05, 3.63) is 65.5 Å². The highest BCUT2D eigenvalue weighted by Gasteiger charge is 2.44. The number of methoxy groups -OCH3 is 1. The van der Waals surface area contributed by atoms with Gasteiger partial charge in [0.1, 0.15) is 11.6 Å². The summed E-state index contributed by atoms with van der Waals surface area (Å²) < 4.78 is 18.8. The number of aliphatic hydroxyl groups is 1. The van der Waals surface area contributed by atoms with E-state index in [-0.39, 0.29) is 11.2 Å². The number of aliphatic imine (C=N–C) groups is 1. The standard InChI is InChI=1S/C22H28FN3O2/c1-3-24-21(25-14-20(27)16-6-4-9-19(12-16)28-2)26-15-22(10-11-22)17-7-5-8-18(23)13-17/h4-9,12-13,20,27H,3,10-11,14-15H2,1-2H3,(H2,24,25,26). The highest BCUT2D eigenvalue weighted by molar-refractivity contribution is 5.79. The molecule has 2 aromatic rings. The minimum atomic E-state index is -0.683. The smallest absolute Gasteiger partial charge is 0.191 e. The zero-order chi connectivity index (χ0) is 20.0. The molecule has 1 fully saturated rings. The second-order valence-electron chi connectivity index (χ2n) is 7.16. The van der Waals surface area contributed by atoms with Gasteiger partial charge in [-0.1, -0.05) is 24.3 Å². The van der Waals surface area contributed by atoms with Gasteiger partial charge >= 0.3 is 0 Å². The van der Waals surface area contributed by atoms with Crippen molar-refractivity contribution >= 4 is 5.96 Å². The number of benzene rings is 2. The molecule has 0 spiro atoms. The van der Waals surface area contributed by atoms with E-state index in [1.54, 1.807) is 19.2 Å². The maximum Gasteiger partial charge on any atom is 0.191 e. The Balaban J connectivity index is 1.63. The van der Waals surface area contributed by atoms with Crippen molar-refractivity contribution in [2.24, 2.45) is 4.99 Å². The maximum absolute atomic E-state index is 13.6. The number of ether oxygens (including phenoxy) is 1. The summed E-state index contributed by atoms with van der Waals surface area (Å²) in [5.41, 5.74) is 1.71. The third kappa shape index (κ3) is 5.01. The Labute approximate surface area is 165 Å². The highest BCUT2D eigenvalue weighted by Crippen LogP contribution is 2.48. The number of rotatable bonds is 8. The molecule has 28 heavy (non-hydrogen) atoms. The quantitative estimate of drug-likeness (QED) is 0.482. The van der Waals surface area contributed by atoms with Crippen LogP contribution in [0.5, 0.6) is 5.75 Å². The van der Waals surface area contributed by atoms with Crippen LogP contribution in [0.4, 0.5) is 4.39 Å². The van der Waals surface area contributed by atoms with E-state index in [9.17, 15) is 9.50 Å². The van der Waals surface area contributed by atoms with Gasteiger partial charge in [0.05, 0.1) is 19.8 Å². The summed E-state index contributed by atoms with van der Waals surface area (Å²) >= 11 is 0. The summed E-state index contributed by atoms with van der Waals surface area (Å²) in [4.78, 5) is 4.69. The normalized spacial score (nSPS) is 16.4. The summed E-state index contributed by atoms with van der Waals surface area (Å²) in [5, 5.41) is 16.9. The van der Waals surface area contributed by atoms with Gasteiger partial charge in [-0.2, -0.15) is 0 Å². The summed E-state index contributed by atoms with van der Waals surface area (Å²) in [6, 6.07) is 14.2. The molecule has 0 radical (unpaired) electrons. The van der Waals surface area contributed by atoms with Crippen LogP contribution < -0.4 is 15.4 Å². The predicted octanol–water partition coefficient (Wildman–Crippen LogP) is 3.15. The maximum atomic E-state index is 13.6. The molecule has 0 bridgehead atoms. The number of aliphatic hydroxyl groups excluding tert-OH is 1. The Bertz CT molecular complexity index is 821. The van der Waals surface area contributed by atoms with Gasteiger partial charge in [-0.3, -0.25) is 4.99 Å². The minimum Gasteiger partial charge on any atom is -0.497 e. The lowest BCUT2D eigenvalue weighted by Crippen LogP contribution is -2.40. The number of nitrogens with zero attached hydrogens (tertiary/aromatic N) is 1. The molecule has 0 amide bonds. The summed E-state index contributed by atoms with van der Waals surface area (Å²) in [6.07, 6.45) is 1.33. The van der Waals surface area contributed by atoms with Gasteiger partial charge in [-0.05, 0) is 55.2 Å². The summed E-state index contributed by atoms with van der Waals surface area (Å²) in [6.45, 7) is 3.62. The minimum absolute atomic E-state index is 0.0735. The lowest BCUT2D eigenvalue weighted by Gasteiger charge is -2.18. The largest absolute Gasteiger partial charge is 0.497 e. The molecule has 0 saturated heterocycles. The van der Waals surface area contributed by atoms with Gasteiger partial charge in [0.2, 0.25) is 0 Å². The van der Waals surface area contributed by atoms with E-state index in [0.29, 0.717) is 31.3 Å². The summed E-state index contributed by atoms with van der Waals surface area (Å²) in [7, 11) is 1.60. The van der Waals surface area contributed by atoms with E-state index >= 15 is 0 Å². The van der Waals surface area contributed by atoms with Gasteiger partial charge < -0.3 is 20.5 Å². The van der Waals surface area contributed by atoms with E-state index in [1.807, 2.05) is 37.3 Å². The zero-order valence-electron chi connectivity index (χ0n) is 16.4. The van der Waals surface area contributed by atoms with Crippen LogP contribution >= 0.6 is 0 Å². The number of nitrogens with one attached hydrogen (secondary N) is 2. The zero-order valence-corrected chi connectivity index (χ0v) is 16.4. The Morgan fingerprint density at radius 1 is 1.21 bits per heavy atom. The molecule has 3 rings (SSSR count). The Morgan fingerprint density at radius 2 is 2.00 bits per heavy atom. The van der Waals surface area contributed by atoms with Gasteiger partial charge in [0, 0.05) is 18.5 Å². The van der Waals surface area contributed by atoms with Gasteiger partial charge in [0.25, 0.3) is 0 Å². The Hall–Kier alpha value is -2.60. The van der Waals surface area contributed by atoms with E-state index in [0.717, 1.165) is 24.0 Å². The van der Waals surface area contributed by atoms with E-state index in [4.69, 9.17) is 4.74 Å². The third-order valence-electron chi connectivity index (χ3n) is 5.12. The molecule has 0 aromatic heterocycles. The Kier molecular flexibility index (Phi) is 6.52. The van der Waals surface area contributed by atoms with Crippen molar-refractivity contribution in [3.8, 4) is 5.75 Å². The molecule has 0 heterocycles. The topological polar surface area (TPSA) is 65.9 Å². The average molecular weight is 385 g/mol. The first-order valence-corrected chi connectivity index (χ1v) is 9.66. The number of hydrogen-bond donors (Lipinski definition) is 3. The van der Waals surface area contributed by atoms with Gasteiger partial charge in [0.15, 0.2) is 5.96 Å². The fourth-order valence-electron chi connectivity index (χ4n) is 3.24. The van der Waals surface area contributed by atoms with Crippen molar-refractivity contribution < 1.29 is 14.2 Å². The first-order valence-electron chi connectivity index (χ1n) is 9.66. The lowest BCUT2D eigenvalue weighted by atomic mass is 9.96. The lowest BCUT2D eigenvalue weighted by molar-refractivity contribution is 0.180. The molecular formula is C22H28FN3O2. The molecule has 1 unspecified atom stereocenters. The SMILES string of the molecule is CCNC(=NCC1(c2cccc(F)c2)CC1)NCC(O)c1cccc(OC)c1. The van der Waals surface area contributed by atoms with Crippen LogP contribution in [0.1, 0.15) is 37.0 Å². The fraction of sp³-hybridized carbons (Fsp3) is 0.409. The first-order chi connectivity index (χ1) is 13.6. The average Bonchev–Trinajstić information content (AvgIpc) is 3.51. The second kappa shape index (κ2) is 9.06. The van der Waals surface area contributed by atoms with Crippen LogP contribution in [0.3, 0.4) is 0 Å². The molecule has 5 nitrogen and oxygen atoms in total. The second-order valence-corrected chi connectivity index (χ2v) is 7.16. The van der Waals surface area contributed by atoms with Crippen molar-refractivity contribution in [2.45, 2.75) is 31.3 Å². The molecule has 0 aliphatic heterocycles. The molecule has 2 aromatic carbocycles. The van der Waals surface area contributed by atoms with Gasteiger partial charge in [-0.25, -0.2) is 4.39 Å².